The summed E-state index contributed by atoms with van der Waals surface area (Å²) in [5.74, 6) is 1.13. The van der Waals surface area contributed by atoms with Crippen molar-refractivity contribution < 1.29 is 4.74 Å². The van der Waals surface area contributed by atoms with Gasteiger partial charge in [0.15, 0.2) is 0 Å². The van der Waals surface area contributed by atoms with E-state index in [0.29, 0.717) is 17.4 Å². The Balaban J connectivity index is 2.16. The van der Waals surface area contributed by atoms with Crippen molar-refractivity contribution in [3.05, 3.63) is 39.1 Å². The van der Waals surface area contributed by atoms with Crippen molar-refractivity contribution in [2.24, 2.45) is 5.92 Å². The van der Waals surface area contributed by atoms with Crippen molar-refractivity contribution in [3.8, 4) is 5.75 Å². The molecule has 0 aliphatic heterocycles. The van der Waals surface area contributed by atoms with E-state index >= 15 is 0 Å². The summed E-state index contributed by atoms with van der Waals surface area (Å²) in [4.78, 5) is 15.4. The number of H-pyrrole nitrogens is 1. The zero-order valence-electron chi connectivity index (χ0n) is 13.1. The summed E-state index contributed by atoms with van der Waals surface area (Å²) in [5, 5.41) is 1.57. The van der Waals surface area contributed by atoms with E-state index in [1.807, 2.05) is 12.1 Å². The molecule has 0 unspecified atom stereocenters. The van der Waals surface area contributed by atoms with Crippen LogP contribution in [-0.4, -0.2) is 11.1 Å². The van der Waals surface area contributed by atoms with E-state index in [4.69, 9.17) is 16.3 Å². The number of aromatic amines is 1. The van der Waals surface area contributed by atoms with Gasteiger partial charge in [0, 0.05) is 10.4 Å². The number of halogens is 1. The Morgan fingerprint density at radius 2 is 2.05 bits per heavy atom. The summed E-state index contributed by atoms with van der Waals surface area (Å²) in [7, 11) is 0. The molecule has 1 aromatic carbocycles. The van der Waals surface area contributed by atoms with Gasteiger partial charge >= 0.3 is 0 Å². The molecule has 118 valence electrons. The fraction of sp³-hybridized carbons (Fsp3) is 0.500. The van der Waals surface area contributed by atoms with Gasteiger partial charge in [-0.1, -0.05) is 25.4 Å². The second-order valence-electron chi connectivity index (χ2n) is 6.57. The third kappa shape index (κ3) is 3.14. The normalized spacial score (nSPS) is 15.8. The van der Waals surface area contributed by atoms with Gasteiger partial charge < -0.3 is 9.72 Å². The quantitative estimate of drug-likeness (QED) is 0.887. The van der Waals surface area contributed by atoms with E-state index in [1.165, 1.54) is 12.8 Å². The molecule has 0 atom stereocenters. The standard InChI is InChI=1S/C18H22ClNO2/c1-11(2)9-15-17(22-13-5-3-4-6-13)14-10-12(19)7-8-16(14)20-18(15)21/h7-8,10-11,13H,3-6,9H2,1-2H3,(H,20,21). The molecule has 4 heteroatoms. The number of hydrogen-bond acceptors (Lipinski definition) is 2. The van der Waals surface area contributed by atoms with Crippen LogP contribution in [0, 0.1) is 5.92 Å². The van der Waals surface area contributed by atoms with Crippen LogP contribution in [0.2, 0.25) is 5.02 Å². The largest absolute Gasteiger partial charge is 0.489 e. The average molecular weight is 320 g/mol. The minimum Gasteiger partial charge on any atom is -0.489 e. The molecule has 0 radical (unpaired) electrons. The van der Waals surface area contributed by atoms with Crippen molar-refractivity contribution in [3.63, 3.8) is 0 Å². The van der Waals surface area contributed by atoms with E-state index in [-0.39, 0.29) is 11.7 Å². The fourth-order valence-corrected chi connectivity index (χ4v) is 3.35. The first-order valence-corrected chi connectivity index (χ1v) is 8.43. The highest BCUT2D eigenvalue weighted by Crippen LogP contribution is 2.33. The zero-order chi connectivity index (χ0) is 15.7. The molecule has 0 saturated heterocycles. The number of benzene rings is 1. The minimum absolute atomic E-state index is 0.0449. The minimum atomic E-state index is -0.0449. The van der Waals surface area contributed by atoms with Gasteiger partial charge in [0.1, 0.15) is 5.75 Å². The van der Waals surface area contributed by atoms with Crippen LogP contribution < -0.4 is 10.3 Å². The number of rotatable bonds is 4. The summed E-state index contributed by atoms with van der Waals surface area (Å²) in [6.45, 7) is 4.22. The lowest BCUT2D eigenvalue weighted by Gasteiger charge is -2.19. The molecule has 1 aliphatic carbocycles. The summed E-state index contributed by atoms with van der Waals surface area (Å²) in [6, 6.07) is 5.53. The van der Waals surface area contributed by atoms with Crippen LogP contribution >= 0.6 is 11.6 Å². The predicted molar refractivity (Wildman–Crippen MR) is 91.0 cm³/mol. The molecule has 22 heavy (non-hydrogen) atoms. The topological polar surface area (TPSA) is 42.1 Å². The van der Waals surface area contributed by atoms with Crippen LogP contribution in [0.5, 0.6) is 5.75 Å². The molecule has 1 aliphatic rings. The number of pyridine rings is 1. The Hall–Kier alpha value is -1.48. The Kier molecular flexibility index (Phi) is 4.44. The average Bonchev–Trinajstić information content (AvgIpc) is 2.96. The van der Waals surface area contributed by atoms with Gasteiger partial charge in [-0.15, -0.1) is 0 Å². The first-order valence-electron chi connectivity index (χ1n) is 8.05. The summed E-state index contributed by atoms with van der Waals surface area (Å²) in [5.41, 5.74) is 1.49. The lowest BCUT2D eigenvalue weighted by atomic mass is 10.0. The summed E-state index contributed by atoms with van der Waals surface area (Å²) >= 11 is 6.16. The SMILES string of the molecule is CC(C)Cc1c(OC2CCCC2)c2cc(Cl)ccc2[nH]c1=O. The van der Waals surface area contributed by atoms with E-state index < -0.39 is 0 Å². The maximum Gasteiger partial charge on any atom is 0.255 e. The summed E-state index contributed by atoms with van der Waals surface area (Å²) in [6.07, 6.45) is 5.46. The first-order chi connectivity index (χ1) is 10.5. The maximum absolute atomic E-state index is 12.5. The molecule has 2 aromatic rings. The van der Waals surface area contributed by atoms with Gasteiger partial charge in [-0.25, -0.2) is 0 Å². The predicted octanol–water partition coefficient (Wildman–Crippen LogP) is 4.70. The van der Waals surface area contributed by atoms with Gasteiger partial charge in [-0.3, -0.25) is 4.79 Å². The van der Waals surface area contributed by atoms with Crippen LogP contribution in [0.3, 0.4) is 0 Å². The van der Waals surface area contributed by atoms with Crippen molar-refractivity contribution in [2.75, 3.05) is 0 Å². The van der Waals surface area contributed by atoms with E-state index in [9.17, 15) is 4.79 Å². The monoisotopic (exact) mass is 319 g/mol. The number of hydrogen-bond donors (Lipinski definition) is 1. The molecule has 3 rings (SSSR count). The Morgan fingerprint density at radius 3 is 2.73 bits per heavy atom. The highest BCUT2D eigenvalue weighted by atomic mass is 35.5. The molecule has 1 N–H and O–H groups in total. The lowest BCUT2D eigenvalue weighted by Crippen LogP contribution is -2.20. The maximum atomic E-state index is 12.5. The van der Waals surface area contributed by atoms with E-state index in [0.717, 1.165) is 35.1 Å². The van der Waals surface area contributed by atoms with E-state index in [1.54, 1.807) is 6.07 Å². The van der Waals surface area contributed by atoms with Gasteiger partial charge in [-0.2, -0.15) is 0 Å². The molecule has 0 bridgehead atoms. The third-order valence-corrected chi connectivity index (χ3v) is 4.46. The highest BCUT2D eigenvalue weighted by Gasteiger charge is 2.22. The van der Waals surface area contributed by atoms with E-state index in [2.05, 4.69) is 18.8 Å². The Morgan fingerprint density at radius 1 is 1.32 bits per heavy atom. The van der Waals surface area contributed by atoms with Crippen LogP contribution in [0.25, 0.3) is 10.9 Å². The van der Waals surface area contributed by atoms with Gasteiger partial charge in [-0.05, 0) is 56.2 Å². The van der Waals surface area contributed by atoms with Crippen molar-refractivity contribution >= 4 is 22.5 Å². The number of aromatic nitrogens is 1. The highest BCUT2D eigenvalue weighted by molar-refractivity contribution is 6.31. The summed E-state index contributed by atoms with van der Waals surface area (Å²) < 4.78 is 6.28. The number of fused-ring (bicyclic) bond motifs is 1. The number of ether oxygens (including phenoxy) is 1. The third-order valence-electron chi connectivity index (χ3n) is 4.22. The lowest BCUT2D eigenvalue weighted by molar-refractivity contribution is 0.210. The molecule has 3 nitrogen and oxygen atoms in total. The number of nitrogens with one attached hydrogen (secondary N) is 1. The molecule has 1 aromatic heterocycles. The van der Waals surface area contributed by atoms with Crippen LogP contribution in [0.15, 0.2) is 23.0 Å². The molecule has 0 amide bonds. The fourth-order valence-electron chi connectivity index (χ4n) is 3.18. The molecular weight excluding hydrogens is 298 g/mol. The Bertz CT molecular complexity index is 730. The van der Waals surface area contributed by atoms with Crippen molar-refractivity contribution in [1.82, 2.24) is 4.98 Å². The van der Waals surface area contributed by atoms with Crippen molar-refractivity contribution in [1.29, 1.82) is 0 Å². The van der Waals surface area contributed by atoms with Crippen molar-refractivity contribution in [2.45, 2.75) is 52.1 Å². The zero-order valence-corrected chi connectivity index (χ0v) is 13.9. The van der Waals surface area contributed by atoms with Gasteiger partial charge in [0.25, 0.3) is 5.56 Å². The first kappa shape index (κ1) is 15.4. The molecule has 1 saturated carbocycles. The van der Waals surface area contributed by atoms with Crippen LogP contribution in [0.1, 0.15) is 45.1 Å². The molecule has 0 spiro atoms. The van der Waals surface area contributed by atoms with Gasteiger partial charge in [0.05, 0.1) is 17.2 Å². The van der Waals surface area contributed by atoms with Gasteiger partial charge in [0.2, 0.25) is 0 Å². The smallest absolute Gasteiger partial charge is 0.255 e. The molecule has 1 heterocycles. The van der Waals surface area contributed by atoms with Crippen LogP contribution in [0.4, 0.5) is 0 Å². The second-order valence-corrected chi connectivity index (χ2v) is 7.01. The molecular formula is C18H22ClNO2. The molecule has 1 fully saturated rings. The van der Waals surface area contributed by atoms with Crippen LogP contribution in [-0.2, 0) is 6.42 Å². The second kappa shape index (κ2) is 6.33. The Labute approximate surface area is 135 Å².